The van der Waals surface area contributed by atoms with E-state index in [1.165, 1.54) is 60.1 Å². The average Bonchev–Trinajstić information content (AvgIpc) is 3.40. The average molecular weight is 485 g/mol. The minimum absolute atomic E-state index is 0.346. The van der Waals surface area contributed by atoms with E-state index in [0.29, 0.717) is 0 Å². The van der Waals surface area contributed by atoms with Crippen molar-refractivity contribution >= 4 is 15.9 Å². The third-order valence-corrected chi connectivity index (χ3v) is 8.08. The van der Waals surface area contributed by atoms with Crippen molar-refractivity contribution < 1.29 is 0 Å². The summed E-state index contributed by atoms with van der Waals surface area (Å²) in [4.78, 5) is 0. The smallest absolute Gasteiger partial charge is 0.0622 e. The lowest BCUT2D eigenvalue weighted by Crippen LogP contribution is -2.28. The molecule has 1 heteroatoms. The van der Waals surface area contributed by atoms with Gasteiger partial charge in [-0.15, -0.1) is 0 Å². The van der Waals surface area contributed by atoms with Crippen molar-refractivity contribution in [1.29, 1.82) is 0 Å². The summed E-state index contributed by atoms with van der Waals surface area (Å²) in [6, 6.07) is 42.3. The van der Waals surface area contributed by atoms with Crippen LogP contribution in [0.2, 0.25) is 0 Å². The van der Waals surface area contributed by atoms with Crippen LogP contribution >= 0.6 is 15.9 Å². The number of halogens is 1. The Morgan fingerprint density at radius 1 is 0.545 bits per heavy atom. The van der Waals surface area contributed by atoms with Crippen LogP contribution in [0.1, 0.15) is 33.4 Å². The number of hydrogen-bond donors (Lipinski definition) is 0. The van der Waals surface area contributed by atoms with Gasteiger partial charge >= 0.3 is 0 Å². The standard InChI is InChI=1S/C32H21Br/c33-29-20-28-30(26-19-21-11-7-8-16-24(21)31(26)29)25-17-9-10-18-27(25)32(28,22-12-3-1-4-13-22)23-14-5-2-6-15-23/h1-18,20H,19H2. The quantitative estimate of drug-likeness (QED) is 0.231. The zero-order valence-electron chi connectivity index (χ0n) is 18.1. The van der Waals surface area contributed by atoms with Gasteiger partial charge in [0.15, 0.2) is 0 Å². The first kappa shape index (κ1) is 19.1. The van der Waals surface area contributed by atoms with E-state index >= 15 is 0 Å². The second-order valence-electron chi connectivity index (χ2n) is 9.00. The fourth-order valence-corrected chi connectivity index (χ4v) is 6.90. The normalized spacial score (nSPS) is 14.3. The van der Waals surface area contributed by atoms with E-state index in [0.717, 1.165) is 6.42 Å². The maximum Gasteiger partial charge on any atom is 0.0714 e. The molecule has 0 nitrogen and oxygen atoms in total. The number of fused-ring (bicyclic) bond motifs is 7. The lowest BCUT2D eigenvalue weighted by Gasteiger charge is -2.34. The summed E-state index contributed by atoms with van der Waals surface area (Å²) in [5.74, 6) is 0. The van der Waals surface area contributed by atoms with Gasteiger partial charge in [0.1, 0.15) is 0 Å². The highest BCUT2D eigenvalue weighted by Gasteiger charge is 2.48. The molecule has 0 bridgehead atoms. The molecule has 0 amide bonds. The van der Waals surface area contributed by atoms with Crippen LogP contribution in [0.15, 0.2) is 120 Å². The van der Waals surface area contributed by atoms with Crippen LogP contribution in [0.4, 0.5) is 0 Å². The summed E-state index contributed by atoms with van der Waals surface area (Å²) in [6.07, 6.45) is 0.973. The van der Waals surface area contributed by atoms with Gasteiger partial charge in [0.25, 0.3) is 0 Å². The Hall–Kier alpha value is -3.42. The molecule has 0 heterocycles. The fourth-order valence-electron chi connectivity index (χ4n) is 6.22. The number of benzene rings is 5. The highest BCUT2D eigenvalue weighted by atomic mass is 79.9. The van der Waals surface area contributed by atoms with Crippen molar-refractivity contribution in [2.45, 2.75) is 11.8 Å². The minimum atomic E-state index is -0.346. The summed E-state index contributed by atoms with van der Waals surface area (Å²) >= 11 is 4.01. The Labute approximate surface area is 202 Å². The molecule has 0 aromatic heterocycles. The lowest BCUT2D eigenvalue weighted by molar-refractivity contribution is 0.767. The highest BCUT2D eigenvalue weighted by molar-refractivity contribution is 9.10. The molecule has 0 saturated carbocycles. The molecule has 2 aliphatic rings. The zero-order valence-corrected chi connectivity index (χ0v) is 19.6. The van der Waals surface area contributed by atoms with Crippen LogP contribution in [0.25, 0.3) is 22.3 Å². The van der Waals surface area contributed by atoms with Gasteiger partial charge in [-0.25, -0.2) is 0 Å². The molecule has 0 saturated heterocycles. The molecule has 5 aromatic carbocycles. The Morgan fingerprint density at radius 2 is 1.12 bits per heavy atom. The molecule has 0 aliphatic heterocycles. The second kappa shape index (κ2) is 7.04. The monoisotopic (exact) mass is 484 g/mol. The molecular formula is C32H21Br. The maximum absolute atomic E-state index is 4.01. The lowest BCUT2D eigenvalue weighted by atomic mass is 9.67. The Morgan fingerprint density at radius 3 is 1.82 bits per heavy atom. The first-order valence-corrected chi connectivity index (χ1v) is 12.2. The van der Waals surface area contributed by atoms with E-state index in [9.17, 15) is 0 Å². The summed E-state index contributed by atoms with van der Waals surface area (Å²) < 4.78 is 1.19. The van der Waals surface area contributed by atoms with Crippen LogP contribution in [0.5, 0.6) is 0 Å². The van der Waals surface area contributed by atoms with E-state index in [2.05, 4.69) is 131 Å². The molecular weight excluding hydrogens is 464 g/mol. The van der Waals surface area contributed by atoms with Crippen molar-refractivity contribution in [3.63, 3.8) is 0 Å². The Bertz CT molecular complexity index is 1490. The van der Waals surface area contributed by atoms with Gasteiger partial charge in [-0.2, -0.15) is 0 Å². The van der Waals surface area contributed by atoms with E-state index in [1.807, 2.05) is 0 Å². The van der Waals surface area contributed by atoms with Crippen LogP contribution < -0.4 is 0 Å². The van der Waals surface area contributed by atoms with Crippen molar-refractivity contribution in [1.82, 2.24) is 0 Å². The SMILES string of the molecule is Brc1cc2c(c3c1-c1ccccc1C3)-c1ccccc1C2(c1ccccc1)c1ccccc1. The summed E-state index contributed by atoms with van der Waals surface area (Å²) in [6.45, 7) is 0. The highest BCUT2D eigenvalue weighted by Crippen LogP contribution is 2.60. The van der Waals surface area contributed by atoms with Gasteiger partial charge in [-0.3, -0.25) is 0 Å². The number of rotatable bonds is 2. The predicted molar refractivity (Wildman–Crippen MR) is 140 cm³/mol. The van der Waals surface area contributed by atoms with E-state index in [-0.39, 0.29) is 5.41 Å². The molecule has 0 spiro atoms. The zero-order chi connectivity index (χ0) is 22.0. The molecule has 5 aromatic rings. The van der Waals surface area contributed by atoms with Crippen molar-refractivity contribution in [3.8, 4) is 22.3 Å². The summed E-state index contributed by atoms with van der Waals surface area (Å²) in [5, 5.41) is 0. The van der Waals surface area contributed by atoms with Crippen molar-refractivity contribution in [2.24, 2.45) is 0 Å². The van der Waals surface area contributed by atoms with Crippen molar-refractivity contribution in [2.75, 3.05) is 0 Å². The molecule has 0 N–H and O–H groups in total. The van der Waals surface area contributed by atoms with Gasteiger partial charge in [0, 0.05) is 10.0 Å². The second-order valence-corrected chi connectivity index (χ2v) is 9.85. The molecule has 0 radical (unpaired) electrons. The first-order valence-electron chi connectivity index (χ1n) is 11.4. The predicted octanol–water partition coefficient (Wildman–Crippen LogP) is 8.38. The third kappa shape index (κ3) is 2.46. The first-order chi connectivity index (χ1) is 16.3. The molecule has 0 atom stereocenters. The third-order valence-electron chi connectivity index (χ3n) is 7.45. The Balaban J connectivity index is 1.66. The van der Waals surface area contributed by atoms with E-state index < -0.39 is 0 Å². The van der Waals surface area contributed by atoms with Gasteiger partial charge in [-0.1, -0.05) is 125 Å². The molecule has 7 rings (SSSR count). The van der Waals surface area contributed by atoms with Gasteiger partial charge in [0.2, 0.25) is 0 Å². The van der Waals surface area contributed by atoms with Gasteiger partial charge < -0.3 is 0 Å². The number of hydrogen-bond acceptors (Lipinski definition) is 0. The van der Waals surface area contributed by atoms with Crippen LogP contribution in [-0.4, -0.2) is 0 Å². The molecule has 2 aliphatic carbocycles. The van der Waals surface area contributed by atoms with Crippen LogP contribution in [-0.2, 0) is 11.8 Å². The minimum Gasteiger partial charge on any atom is -0.0622 e. The molecule has 0 fully saturated rings. The Kier molecular flexibility index (Phi) is 4.07. The van der Waals surface area contributed by atoms with E-state index in [4.69, 9.17) is 0 Å². The van der Waals surface area contributed by atoms with Gasteiger partial charge in [-0.05, 0) is 62.6 Å². The molecule has 156 valence electrons. The fraction of sp³-hybridized carbons (Fsp3) is 0.0625. The van der Waals surface area contributed by atoms with Gasteiger partial charge in [0.05, 0.1) is 5.41 Å². The maximum atomic E-state index is 4.01. The van der Waals surface area contributed by atoms with E-state index in [1.54, 1.807) is 0 Å². The molecule has 0 unspecified atom stereocenters. The van der Waals surface area contributed by atoms with Crippen molar-refractivity contribution in [3.05, 3.63) is 153 Å². The topological polar surface area (TPSA) is 0 Å². The summed E-state index contributed by atoms with van der Waals surface area (Å²) in [5.41, 5.74) is 13.4. The molecule has 33 heavy (non-hydrogen) atoms. The summed E-state index contributed by atoms with van der Waals surface area (Å²) in [7, 11) is 0. The van der Waals surface area contributed by atoms with Crippen LogP contribution in [0.3, 0.4) is 0 Å². The van der Waals surface area contributed by atoms with Crippen LogP contribution in [0, 0.1) is 0 Å². The largest absolute Gasteiger partial charge is 0.0714 e.